The van der Waals surface area contributed by atoms with E-state index in [4.69, 9.17) is 18.9 Å². The molecule has 5 rings (SSSR count). The van der Waals surface area contributed by atoms with E-state index in [2.05, 4.69) is 20.8 Å². The third-order valence-corrected chi connectivity index (χ3v) is 9.51. The van der Waals surface area contributed by atoms with Crippen LogP contribution in [0, 0.1) is 40.4 Å². The molecule has 0 aromatic rings. The maximum Gasteiger partial charge on any atom is 0.344 e. The highest BCUT2D eigenvalue weighted by Crippen LogP contribution is 2.69. The van der Waals surface area contributed by atoms with Crippen LogP contribution >= 0.6 is 0 Å². The highest BCUT2D eigenvalue weighted by Gasteiger charge is 2.80. The molecule has 3 aliphatic carbocycles. The first-order valence-corrected chi connectivity index (χ1v) is 11.8. The molecule has 2 saturated heterocycles. The summed E-state index contributed by atoms with van der Waals surface area (Å²) in [6.45, 7) is 9.53. The Labute approximate surface area is 188 Å². The summed E-state index contributed by atoms with van der Waals surface area (Å²) in [4.78, 5) is 36.8. The van der Waals surface area contributed by atoms with Gasteiger partial charge in [0.1, 0.15) is 6.10 Å². The molecule has 0 aromatic heterocycles. The lowest BCUT2D eigenvalue weighted by molar-refractivity contribution is -0.211. The molecule has 5 aliphatic rings. The van der Waals surface area contributed by atoms with E-state index < -0.39 is 54.0 Å². The fourth-order valence-corrected chi connectivity index (χ4v) is 8.55. The Hall–Kier alpha value is -1.67. The van der Waals surface area contributed by atoms with Gasteiger partial charge < -0.3 is 24.1 Å². The molecule has 0 spiro atoms. The van der Waals surface area contributed by atoms with Gasteiger partial charge in [-0.2, -0.15) is 0 Å². The molecule has 8 heteroatoms. The van der Waals surface area contributed by atoms with Crippen molar-refractivity contribution in [2.45, 2.75) is 91.0 Å². The maximum absolute atomic E-state index is 13.0. The first-order chi connectivity index (χ1) is 14.9. The topological polar surface area (TPSA) is 108 Å². The zero-order valence-electron chi connectivity index (χ0n) is 19.5. The number of aliphatic hydroxyl groups is 1. The van der Waals surface area contributed by atoms with Crippen molar-refractivity contribution >= 4 is 17.9 Å². The third kappa shape index (κ3) is 2.77. The zero-order chi connectivity index (χ0) is 23.2. The summed E-state index contributed by atoms with van der Waals surface area (Å²) in [5, 5.41) is 11.8. The summed E-state index contributed by atoms with van der Waals surface area (Å²) in [6.07, 6.45) is 2.23. The minimum atomic E-state index is -2.10. The lowest BCUT2D eigenvalue weighted by Gasteiger charge is -2.51. The van der Waals surface area contributed by atoms with Crippen molar-refractivity contribution in [3.63, 3.8) is 0 Å². The Morgan fingerprint density at radius 1 is 1.03 bits per heavy atom. The molecular formula is C24H34O8. The van der Waals surface area contributed by atoms with Crippen LogP contribution in [0.1, 0.15) is 66.7 Å². The smallest absolute Gasteiger partial charge is 0.344 e. The molecule has 2 heterocycles. The van der Waals surface area contributed by atoms with Gasteiger partial charge in [-0.25, -0.2) is 4.79 Å². The molecule has 2 aliphatic heterocycles. The highest BCUT2D eigenvalue weighted by atomic mass is 16.8. The normalized spacial score (nSPS) is 50.5. The van der Waals surface area contributed by atoms with Crippen molar-refractivity contribution in [1.29, 1.82) is 0 Å². The predicted molar refractivity (Wildman–Crippen MR) is 109 cm³/mol. The van der Waals surface area contributed by atoms with E-state index in [1.807, 2.05) is 0 Å². The van der Waals surface area contributed by atoms with Crippen molar-refractivity contribution in [2.24, 2.45) is 40.4 Å². The van der Waals surface area contributed by atoms with E-state index in [0.717, 1.165) is 25.7 Å². The monoisotopic (exact) mass is 450 g/mol. The van der Waals surface area contributed by atoms with Crippen LogP contribution in [-0.4, -0.2) is 47.3 Å². The quantitative estimate of drug-likeness (QED) is 0.516. The molecule has 3 unspecified atom stereocenters. The van der Waals surface area contributed by atoms with E-state index in [0.29, 0.717) is 5.92 Å². The van der Waals surface area contributed by atoms with E-state index in [9.17, 15) is 19.5 Å². The van der Waals surface area contributed by atoms with Gasteiger partial charge in [-0.05, 0) is 48.3 Å². The van der Waals surface area contributed by atoms with Gasteiger partial charge in [0.05, 0.1) is 5.92 Å². The summed E-state index contributed by atoms with van der Waals surface area (Å²) in [7, 11) is 0. The minimum Gasteiger partial charge on any atom is -0.458 e. The number of hydrogen-bond acceptors (Lipinski definition) is 8. The maximum atomic E-state index is 13.0. The van der Waals surface area contributed by atoms with E-state index in [1.165, 1.54) is 20.3 Å². The fraction of sp³-hybridized carbons (Fsp3) is 0.875. The molecule has 3 saturated carbocycles. The van der Waals surface area contributed by atoms with Gasteiger partial charge >= 0.3 is 17.9 Å². The van der Waals surface area contributed by atoms with Gasteiger partial charge in [-0.3, -0.25) is 9.59 Å². The molecule has 8 nitrogen and oxygen atoms in total. The number of rotatable bonds is 3. The van der Waals surface area contributed by atoms with Crippen LogP contribution < -0.4 is 0 Å². The molecule has 1 N–H and O–H groups in total. The largest absolute Gasteiger partial charge is 0.458 e. The standard InChI is InChI=1S/C24H34O8/c1-11(25)29-18-15(13-7-8-14-22(3,4)9-6-10-23(13,14)5)16-17-20(30-12(2)26)31-19(16)32-21(27)24(17,18)28/h13-20,28H,6-10H2,1-5H3/t13-,14+,15-,16?,17?,18+,19?,20-,23-,24-/m1/s1. The van der Waals surface area contributed by atoms with Gasteiger partial charge in [0, 0.05) is 25.7 Å². The first-order valence-electron chi connectivity index (χ1n) is 11.8. The first kappa shape index (κ1) is 22.1. The number of carbonyl (C=O) groups is 3. The lowest BCUT2D eigenvalue weighted by atomic mass is 9.53. The van der Waals surface area contributed by atoms with Crippen LogP contribution in [-0.2, 0) is 33.3 Å². The summed E-state index contributed by atoms with van der Waals surface area (Å²) >= 11 is 0. The van der Waals surface area contributed by atoms with Crippen molar-refractivity contribution in [3.8, 4) is 0 Å². The Balaban J connectivity index is 1.60. The molecule has 4 bridgehead atoms. The zero-order valence-corrected chi connectivity index (χ0v) is 19.5. The Bertz CT molecular complexity index is 853. The second-order valence-electron chi connectivity index (χ2n) is 11.5. The average Bonchev–Trinajstić information content (AvgIpc) is 3.22. The molecule has 0 aromatic carbocycles. The number of fused-ring (bicyclic) bond motifs is 1. The van der Waals surface area contributed by atoms with Crippen LogP contribution in [0.5, 0.6) is 0 Å². The van der Waals surface area contributed by atoms with Gasteiger partial charge in [0.2, 0.25) is 18.2 Å². The van der Waals surface area contributed by atoms with Crippen LogP contribution in [0.4, 0.5) is 0 Å². The fourth-order valence-electron chi connectivity index (χ4n) is 8.55. The summed E-state index contributed by atoms with van der Waals surface area (Å²) < 4.78 is 22.4. The van der Waals surface area contributed by atoms with Crippen molar-refractivity contribution < 1.29 is 38.4 Å². The van der Waals surface area contributed by atoms with Crippen LogP contribution in [0.2, 0.25) is 0 Å². The highest BCUT2D eigenvalue weighted by molar-refractivity contribution is 5.84. The summed E-state index contributed by atoms with van der Waals surface area (Å²) in [5.74, 6) is -2.93. The molecular weight excluding hydrogens is 416 g/mol. The van der Waals surface area contributed by atoms with E-state index in [1.54, 1.807) is 0 Å². The van der Waals surface area contributed by atoms with Gasteiger partial charge in [-0.1, -0.05) is 27.2 Å². The van der Waals surface area contributed by atoms with E-state index >= 15 is 0 Å². The molecule has 10 atom stereocenters. The Kier molecular flexibility index (Phi) is 4.79. The van der Waals surface area contributed by atoms with E-state index in [-0.39, 0.29) is 22.7 Å². The molecule has 32 heavy (non-hydrogen) atoms. The minimum absolute atomic E-state index is 0.0158. The van der Waals surface area contributed by atoms with Crippen LogP contribution in [0.25, 0.3) is 0 Å². The SMILES string of the molecule is CC(=O)O[C@@H]1OC2OC(=O)[C@@]3(O)C1C2[C@@H]([C@H]1CC[C@H]2C(C)(C)CCC[C@]12C)[C@@H]3OC(C)=O. The average molecular weight is 451 g/mol. The predicted octanol–water partition coefficient (Wildman–Crippen LogP) is 2.56. The van der Waals surface area contributed by atoms with Gasteiger partial charge in [0.15, 0.2) is 0 Å². The summed E-state index contributed by atoms with van der Waals surface area (Å²) in [5.41, 5.74) is -1.92. The van der Waals surface area contributed by atoms with Gasteiger partial charge in [0.25, 0.3) is 0 Å². The molecule has 5 fully saturated rings. The number of carbonyl (C=O) groups excluding carboxylic acids is 3. The molecule has 178 valence electrons. The second kappa shape index (κ2) is 6.92. The number of hydrogen-bond donors (Lipinski definition) is 1. The van der Waals surface area contributed by atoms with Crippen molar-refractivity contribution in [3.05, 3.63) is 0 Å². The Morgan fingerprint density at radius 3 is 2.38 bits per heavy atom. The molecule has 0 radical (unpaired) electrons. The van der Waals surface area contributed by atoms with Crippen LogP contribution in [0.3, 0.4) is 0 Å². The second-order valence-corrected chi connectivity index (χ2v) is 11.5. The summed E-state index contributed by atoms with van der Waals surface area (Å²) in [6, 6.07) is 0. The number of esters is 3. The lowest BCUT2D eigenvalue weighted by Crippen LogP contribution is -2.57. The third-order valence-electron chi connectivity index (χ3n) is 9.51. The van der Waals surface area contributed by atoms with Crippen LogP contribution in [0.15, 0.2) is 0 Å². The molecule has 0 amide bonds. The van der Waals surface area contributed by atoms with Crippen molar-refractivity contribution in [1.82, 2.24) is 0 Å². The Morgan fingerprint density at radius 2 is 1.72 bits per heavy atom. The van der Waals surface area contributed by atoms with Gasteiger partial charge in [-0.15, -0.1) is 0 Å². The van der Waals surface area contributed by atoms with Crippen molar-refractivity contribution in [2.75, 3.05) is 0 Å². The number of ether oxygens (including phenoxy) is 4.